The van der Waals surface area contributed by atoms with Gasteiger partial charge in [0.15, 0.2) is 0 Å². The molecular formula is C18H29ClNO4P. The van der Waals surface area contributed by atoms with Crippen LogP contribution in [0.5, 0.6) is 0 Å². The quantitative estimate of drug-likeness (QED) is 0.488. The summed E-state index contributed by atoms with van der Waals surface area (Å²) in [4.78, 5) is 0. The molecule has 2 atom stereocenters. The lowest BCUT2D eigenvalue weighted by molar-refractivity contribution is 0.0588. The van der Waals surface area contributed by atoms with E-state index in [0.29, 0.717) is 29.8 Å². The summed E-state index contributed by atoms with van der Waals surface area (Å²) < 4.78 is 24.2. The molecule has 2 rings (SSSR count). The van der Waals surface area contributed by atoms with Crippen molar-refractivity contribution in [3.8, 4) is 0 Å². The molecule has 25 heavy (non-hydrogen) atoms. The molecule has 0 amide bonds. The number of rotatable bonds is 9. The Hall–Kier alpha value is -0.420. The lowest BCUT2D eigenvalue weighted by atomic mass is 9.89. The number of hydrogen-bond acceptors (Lipinski definition) is 5. The Morgan fingerprint density at radius 2 is 1.92 bits per heavy atom. The van der Waals surface area contributed by atoms with Gasteiger partial charge in [-0.15, -0.1) is 0 Å². The maximum absolute atomic E-state index is 13.2. The Morgan fingerprint density at radius 1 is 1.28 bits per heavy atom. The van der Waals surface area contributed by atoms with Gasteiger partial charge in [-0.25, -0.2) is 4.62 Å². The van der Waals surface area contributed by atoms with Gasteiger partial charge in [0.05, 0.1) is 18.4 Å². The molecule has 0 bridgehead atoms. The van der Waals surface area contributed by atoms with Crippen LogP contribution in [0.4, 0.5) is 0 Å². The smallest absolute Gasteiger partial charge is 0.223 e. The lowest BCUT2D eigenvalue weighted by Gasteiger charge is -2.30. The Morgan fingerprint density at radius 3 is 2.48 bits per heavy atom. The van der Waals surface area contributed by atoms with Crippen LogP contribution in [-0.2, 0) is 20.5 Å². The molecule has 1 saturated carbocycles. The number of aliphatic hydroxyl groups excluding tert-OH is 1. The predicted molar refractivity (Wildman–Crippen MR) is 101 cm³/mol. The molecule has 1 aromatic rings. The molecule has 0 aromatic heterocycles. The van der Waals surface area contributed by atoms with Crippen LogP contribution in [0.15, 0.2) is 24.3 Å². The van der Waals surface area contributed by atoms with Crippen LogP contribution in [0.2, 0.25) is 5.02 Å². The van der Waals surface area contributed by atoms with E-state index in [1.807, 2.05) is 24.3 Å². The van der Waals surface area contributed by atoms with E-state index in [9.17, 15) is 9.67 Å². The second-order valence-electron chi connectivity index (χ2n) is 6.95. The first-order valence-corrected chi connectivity index (χ1v) is 11.2. The molecule has 0 spiro atoms. The van der Waals surface area contributed by atoms with Gasteiger partial charge in [-0.2, -0.15) is 5.48 Å². The van der Waals surface area contributed by atoms with Crippen molar-refractivity contribution in [2.75, 3.05) is 19.4 Å². The van der Waals surface area contributed by atoms with Gasteiger partial charge in [-0.05, 0) is 56.2 Å². The summed E-state index contributed by atoms with van der Waals surface area (Å²) in [7, 11) is -1.20. The summed E-state index contributed by atoms with van der Waals surface area (Å²) in [6.45, 7) is 2.09. The Labute approximate surface area is 155 Å². The van der Waals surface area contributed by atoms with Crippen molar-refractivity contribution in [2.24, 2.45) is 5.92 Å². The minimum Gasteiger partial charge on any atom is -0.393 e. The summed E-state index contributed by atoms with van der Waals surface area (Å²) in [6, 6.07) is 7.40. The standard InChI is InChI=1S/C18H29ClNO4P/c1-14(21)12-25(22,13-16-5-9-18(23-2)10-6-16)24-20-11-15-3-7-17(19)8-4-15/h3-4,7-8,14,16,18,20-21H,5-6,9-13H2,1-2H3/t14-,16?,18?,25?/m0/s1. The SMILES string of the molecule is COC1CCC(CP(=O)(C[C@H](C)O)ONCc2ccc(Cl)cc2)CC1. The minimum atomic E-state index is -2.95. The van der Waals surface area contributed by atoms with Gasteiger partial charge >= 0.3 is 0 Å². The van der Waals surface area contributed by atoms with E-state index in [4.69, 9.17) is 21.0 Å². The van der Waals surface area contributed by atoms with Crippen LogP contribution in [0.1, 0.15) is 38.2 Å². The van der Waals surface area contributed by atoms with E-state index in [1.165, 1.54) is 0 Å². The van der Waals surface area contributed by atoms with Crippen molar-refractivity contribution < 1.29 is 19.0 Å². The molecular weight excluding hydrogens is 361 g/mol. The van der Waals surface area contributed by atoms with Gasteiger partial charge in [0.1, 0.15) is 0 Å². The lowest BCUT2D eigenvalue weighted by Crippen LogP contribution is -2.25. The van der Waals surface area contributed by atoms with E-state index >= 15 is 0 Å². The predicted octanol–water partition coefficient (Wildman–Crippen LogP) is 4.23. The average Bonchev–Trinajstić information content (AvgIpc) is 2.56. The first-order valence-electron chi connectivity index (χ1n) is 8.85. The number of benzene rings is 1. The first-order chi connectivity index (χ1) is 11.9. The second-order valence-corrected chi connectivity index (χ2v) is 9.92. The molecule has 1 aromatic carbocycles. The maximum atomic E-state index is 13.2. The summed E-state index contributed by atoms with van der Waals surface area (Å²) >= 11 is 5.87. The maximum Gasteiger partial charge on any atom is 0.223 e. The zero-order valence-electron chi connectivity index (χ0n) is 15.0. The van der Waals surface area contributed by atoms with Crippen molar-refractivity contribution in [3.05, 3.63) is 34.9 Å². The van der Waals surface area contributed by atoms with Crippen LogP contribution in [0.3, 0.4) is 0 Å². The zero-order valence-corrected chi connectivity index (χ0v) is 16.6. The zero-order chi connectivity index (χ0) is 18.3. The number of methoxy groups -OCH3 is 1. The van der Waals surface area contributed by atoms with Crippen molar-refractivity contribution in [1.82, 2.24) is 5.48 Å². The molecule has 5 nitrogen and oxygen atoms in total. The van der Waals surface area contributed by atoms with Crippen molar-refractivity contribution >= 4 is 19.0 Å². The molecule has 1 fully saturated rings. The highest BCUT2D eigenvalue weighted by atomic mass is 35.5. The van der Waals surface area contributed by atoms with Gasteiger partial charge in [0, 0.05) is 24.8 Å². The van der Waals surface area contributed by atoms with E-state index in [1.54, 1.807) is 14.0 Å². The monoisotopic (exact) mass is 389 g/mol. The van der Waals surface area contributed by atoms with Crippen LogP contribution in [0, 0.1) is 5.92 Å². The van der Waals surface area contributed by atoms with E-state index in [0.717, 1.165) is 31.2 Å². The number of hydrogen-bond donors (Lipinski definition) is 2. The number of hydroxylamine groups is 1. The normalized spacial score (nSPS) is 24.6. The topological polar surface area (TPSA) is 67.8 Å². The summed E-state index contributed by atoms with van der Waals surface area (Å²) in [5, 5.41) is 10.4. The number of halogens is 1. The Balaban J connectivity index is 1.87. The molecule has 0 aliphatic heterocycles. The second kappa shape index (κ2) is 10.1. The number of ether oxygens (including phenoxy) is 1. The van der Waals surface area contributed by atoms with Crippen LogP contribution in [0.25, 0.3) is 0 Å². The largest absolute Gasteiger partial charge is 0.393 e. The minimum absolute atomic E-state index is 0.171. The van der Waals surface area contributed by atoms with Crippen LogP contribution < -0.4 is 5.48 Å². The summed E-state index contributed by atoms with van der Waals surface area (Å²) in [6.07, 6.45) is 4.30. The third-order valence-electron chi connectivity index (χ3n) is 4.63. The fourth-order valence-corrected chi connectivity index (χ4v) is 6.01. The summed E-state index contributed by atoms with van der Waals surface area (Å²) in [5.74, 6) is 0.355. The van der Waals surface area contributed by atoms with Gasteiger partial charge in [0.25, 0.3) is 0 Å². The molecule has 0 saturated heterocycles. The first kappa shape index (κ1) is 20.9. The van der Waals surface area contributed by atoms with Gasteiger partial charge in [0.2, 0.25) is 7.37 Å². The van der Waals surface area contributed by atoms with E-state index < -0.39 is 13.5 Å². The molecule has 0 heterocycles. The fourth-order valence-electron chi connectivity index (χ4n) is 3.33. The van der Waals surface area contributed by atoms with Crippen molar-refractivity contribution in [1.29, 1.82) is 0 Å². The van der Waals surface area contributed by atoms with Crippen LogP contribution >= 0.6 is 19.0 Å². The molecule has 1 aliphatic carbocycles. The molecule has 7 heteroatoms. The molecule has 1 unspecified atom stereocenters. The Kier molecular flexibility index (Phi) is 8.40. The highest BCUT2D eigenvalue weighted by Crippen LogP contribution is 2.50. The molecule has 2 N–H and O–H groups in total. The van der Waals surface area contributed by atoms with Gasteiger partial charge < -0.3 is 9.84 Å². The third-order valence-corrected chi connectivity index (χ3v) is 7.50. The van der Waals surface area contributed by atoms with E-state index in [-0.39, 0.29) is 6.16 Å². The van der Waals surface area contributed by atoms with E-state index in [2.05, 4.69) is 5.48 Å². The molecule has 142 valence electrons. The number of aliphatic hydroxyl groups is 1. The average molecular weight is 390 g/mol. The highest BCUT2D eigenvalue weighted by Gasteiger charge is 2.32. The van der Waals surface area contributed by atoms with Crippen LogP contribution in [-0.4, -0.2) is 36.7 Å². The van der Waals surface area contributed by atoms with Gasteiger partial charge in [-0.1, -0.05) is 23.7 Å². The highest BCUT2D eigenvalue weighted by molar-refractivity contribution is 7.59. The van der Waals surface area contributed by atoms with Crippen molar-refractivity contribution in [3.63, 3.8) is 0 Å². The van der Waals surface area contributed by atoms with Gasteiger partial charge in [-0.3, -0.25) is 4.57 Å². The van der Waals surface area contributed by atoms with Crippen molar-refractivity contribution in [2.45, 2.75) is 51.4 Å². The third kappa shape index (κ3) is 7.38. The number of nitrogens with one attached hydrogen (secondary N) is 1. The fraction of sp³-hybridized carbons (Fsp3) is 0.667. The Bertz CT molecular complexity index is 559. The molecule has 0 radical (unpaired) electrons. The molecule has 1 aliphatic rings. The summed E-state index contributed by atoms with van der Waals surface area (Å²) in [5.41, 5.74) is 3.83.